The van der Waals surface area contributed by atoms with Crippen LogP contribution in [0.1, 0.15) is 5.56 Å². The number of nitrogens with one attached hydrogen (secondary N) is 1. The van der Waals surface area contributed by atoms with Crippen LogP contribution in [0.5, 0.6) is 0 Å². The molecule has 0 saturated carbocycles. The van der Waals surface area contributed by atoms with Gasteiger partial charge in [-0.2, -0.15) is 0 Å². The summed E-state index contributed by atoms with van der Waals surface area (Å²) in [6.45, 7) is 1.97. The summed E-state index contributed by atoms with van der Waals surface area (Å²) < 4.78 is 0. The molecular weight excluding hydrogens is 236 g/mol. The van der Waals surface area contributed by atoms with Crippen LogP contribution in [0.2, 0.25) is 5.02 Å². The third-order valence-corrected chi connectivity index (χ3v) is 3.09. The summed E-state index contributed by atoms with van der Waals surface area (Å²) in [6.07, 6.45) is 3.19. The van der Waals surface area contributed by atoms with E-state index in [-0.39, 0.29) is 0 Å². The van der Waals surface area contributed by atoms with E-state index in [4.69, 9.17) is 11.6 Å². The third kappa shape index (κ3) is 1.66. The monoisotopic (exact) mass is 244 g/mol. The Labute approximate surface area is 103 Å². The Hall–Kier alpha value is -1.94. The Balaban J connectivity index is 2.24. The van der Waals surface area contributed by atoms with Crippen molar-refractivity contribution in [2.24, 2.45) is 0 Å². The lowest BCUT2D eigenvalue weighted by Crippen LogP contribution is -1.86. The van der Waals surface area contributed by atoms with Crippen molar-refractivity contribution in [3.05, 3.63) is 41.3 Å². The second-order valence-electron chi connectivity index (χ2n) is 3.76. The van der Waals surface area contributed by atoms with Gasteiger partial charge in [-0.1, -0.05) is 23.7 Å². The Morgan fingerprint density at radius 3 is 3.00 bits per heavy atom. The normalized spacial score (nSPS) is 10.9. The standard InChI is InChI=1S/C12H9ClN4/c1-7-8(3-2-4-9(7)13)11-16-10-5-14-6-15-12(10)17-11/h2-6H,1H3,(H,14,15,16,17). The SMILES string of the molecule is Cc1c(Cl)cccc1-c1nc2ncncc2[nH]1. The van der Waals surface area contributed by atoms with Gasteiger partial charge in [0.25, 0.3) is 0 Å². The summed E-state index contributed by atoms with van der Waals surface area (Å²) >= 11 is 6.09. The predicted molar refractivity (Wildman–Crippen MR) is 66.9 cm³/mol. The summed E-state index contributed by atoms with van der Waals surface area (Å²) in [5.74, 6) is 0.764. The van der Waals surface area contributed by atoms with Crippen molar-refractivity contribution in [3.63, 3.8) is 0 Å². The number of rotatable bonds is 1. The van der Waals surface area contributed by atoms with Gasteiger partial charge in [-0.3, -0.25) is 0 Å². The first-order valence-corrected chi connectivity index (χ1v) is 5.55. The summed E-state index contributed by atoms with van der Waals surface area (Å²) in [5.41, 5.74) is 3.47. The highest BCUT2D eigenvalue weighted by molar-refractivity contribution is 6.31. The Morgan fingerprint density at radius 2 is 2.18 bits per heavy atom. The third-order valence-electron chi connectivity index (χ3n) is 2.68. The smallest absolute Gasteiger partial charge is 0.181 e. The highest BCUT2D eigenvalue weighted by Gasteiger charge is 2.09. The molecule has 2 heterocycles. The molecule has 0 unspecified atom stereocenters. The lowest BCUT2D eigenvalue weighted by molar-refractivity contribution is 1.20. The molecule has 2 aromatic heterocycles. The van der Waals surface area contributed by atoms with Crippen molar-refractivity contribution in [3.8, 4) is 11.4 Å². The first-order chi connectivity index (χ1) is 8.25. The zero-order valence-electron chi connectivity index (χ0n) is 9.11. The van der Waals surface area contributed by atoms with Crippen LogP contribution in [0.3, 0.4) is 0 Å². The number of hydrogen-bond acceptors (Lipinski definition) is 3. The lowest BCUT2D eigenvalue weighted by atomic mass is 10.1. The lowest BCUT2D eigenvalue weighted by Gasteiger charge is -2.03. The minimum absolute atomic E-state index is 0.661. The van der Waals surface area contributed by atoms with E-state index < -0.39 is 0 Å². The number of fused-ring (bicyclic) bond motifs is 1. The van der Waals surface area contributed by atoms with Gasteiger partial charge in [0.05, 0.1) is 6.20 Å². The van der Waals surface area contributed by atoms with Crippen molar-refractivity contribution in [1.29, 1.82) is 0 Å². The van der Waals surface area contributed by atoms with Crippen molar-refractivity contribution in [1.82, 2.24) is 19.9 Å². The van der Waals surface area contributed by atoms with Crippen LogP contribution in [0, 0.1) is 6.92 Å². The zero-order valence-corrected chi connectivity index (χ0v) is 9.86. The summed E-state index contributed by atoms with van der Waals surface area (Å²) in [4.78, 5) is 15.6. The average molecular weight is 245 g/mol. The fourth-order valence-corrected chi connectivity index (χ4v) is 1.93. The maximum absolute atomic E-state index is 6.09. The average Bonchev–Trinajstić information content (AvgIpc) is 2.76. The zero-order chi connectivity index (χ0) is 11.8. The number of aromatic amines is 1. The van der Waals surface area contributed by atoms with Gasteiger partial charge in [0, 0.05) is 10.6 Å². The number of aromatic nitrogens is 4. The van der Waals surface area contributed by atoms with E-state index in [1.165, 1.54) is 6.33 Å². The first-order valence-electron chi connectivity index (χ1n) is 5.17. The van der Waals surface area contributed by atoms with Crippen LogP contribution < -0.4 is 0 Å². The molecule has 5 heteroatoms. The van der Waals surface area contributed by atoms with Gasteiger partial charge < -0.3 is 4.98 Å². The van der Waals surface area contributed by atoms with E-state index in [1.54, 1.807) is 6.20 Å². The van der Waals surface area contributed by atoms with Crippen LogP contribution in [-0.4, -0.2) is 19.9 Å². The molecule has 3 aromatic rings. The molecular formula is C12H9ClN4. The van der Waals surface area contributed by atoms with Gasteiger partial charge in [-0.05, 0) is 18.6 Å². The van der Waals surface area contributed by atoms with E-state index in [0.717, 1.165) is 27.5 Å². The maximum Gasteiger partial charge on any atom is 0.181 e. The van der Waals surface area contributed by atoms with Crippen molar-refractivity contribution in [2.75, 3.05) is 0 Å². The molecule has 0 atom stereocenters. The fraction of sp³-hybridized carbons (Fsp3) is 0.0833. The van der Waals surface area contributed by atoms with E-state index in [0.29, 0.717) is 5.65 Å². The molecule has 0 aliphatic heterocycles. The number of imidazole rings is 1. The summed E-state index contributed by atoms with van der Waals surface area (Å²) in [5, 5.41) is 0.731. The number of hydrogen-bond donors (Lipinski definition) is 1. The van der Waals surface area contributed by atoms with Crippen molar-refractivity contribution < 1.29 is 0 Å². The molecule has 0 spiro atoms. The van der Waals surface area contributed by atoms with Gasteiger partial charge in [0.1, 0.15) is 17.7 Å². The Bertz CT molecular complexity index is 657. The number of nitrogens with zero attached hydrogens (tertiary/aromatic N) is 3. The topological polar surface area (TPSA) is 54.5 Å². The van der Waals surface area contributed by atoms with Gasteiger partial charge in [-0.15, -0.1) is 0 Å². The molecule has 4 nitrogen and oxygen atoms in total. The van der Waals surface area contributed by atoms with Crippen molar-refractivity contribution in [2.45, 2.75) is 6.92 Å². The highest BCUT2D eigenvalue weighted by Crippen LogP contribution is 2.27. The molecule has 0 fully saturated rings. The minimum atomic E-state index is 0.661. The van der Waals surface area contributed by atoms with Crippen LogP contribution in [-0.2, 0) is 0 Å². The Morgan fingerprint density at radius 1 is 1.29 bits per heavy atom. The van der Waals surface area contributed by atoms with Gasteiger partial charge >= 0.3 is 0 Å². The number of halogens is 1. The molecule has 0 saturated heterocycles. The highest BCUT2D eigenvalue weighted by atomic mass is 35.5. The number of benzene rings is 1. The quantitative estimate of drug-likeness (QED) is 0.716. The van der Waals surface area contributed by atoms with Crippen LogP contribution in [0.25, 0.3) is 22.6 Å². The molecule has 1 aromatic carbocycles. The molecule has 0 bridgehead atoms. The summed E-state index contributed by atoms with van der Waals surface area (Å²) in [6, 6.07) is 5.75. The molecule has 3 rings (SSSR count). The van der Waals surface area contributed by atoms with Gasteiger partial charge in [-0.25, -0.2) is 15.0 Å². The van der Waals surface area contributed by atoms with Gasteiger partial charge in [0.2, 0.25) is 0 Å². The van der Waals surface area contributed by atoms with Crippen LogP contribution >= 0.6 is 11.6 Å². The Kier molecular flexibility index (Phi) is 2.30. The van der Waals surface area contributed by atoms with Crippen LogP contribution in [0.4, 0.5) is 0 Å². The molecule has 0 aliphatic rings. The van der Waals surface area contributed by atoms with E-state index in [9.17, 15) is 0 Å². The van der Waals surface area contributed by atoms with E-state index >= 15 is 0 Å². The maximum atomic E-state index is 6.09. The molecule has 0 aliphatic carbocycles. The molecule has 0 radical (unpaired) electrons. The molecule has 1 N–H and O–H groups in total. The molecule has 17 heavy (non-hydrogen) atoms. The second kappa shape index (κ2) is 3.82. The number of H-pyrrole nitrogens is 1. The van der Waals surface area contributed by atoms with Gasteiger partial charge in [0.15, 0.2) is 5.65 Å². The first kappa shape index (κ1) is 10.2. The second-order valence-corrected chi connectivity index (χ2v) is 4.17. The van der Waals surface area contributed by atoms with Crippen molar-refractivity contribution >= 4 is 22.8 Å². The van der Waals surface area contributed by atoms with Crippen LogP contribution in [0.15, 0.2) is 30.7 Å². The summed E-state index contributed by atoms with van der Waals surface area (Å²) in [7, 11) is 0. The van der Waals surface area contributed by atoms with E-state index in [1.807, 2.05) is 25.1 Å². The van der Waals surface area contributed by atoms with E-state index in [2.05, 4.69) is 19.9 Å². The molecule has 0 amide bonds. The minimum Gasteiger partial charge on any atom is -0.335 e. The largest absolute Gasteiger partial charge is 0.335 e. The predicted octanol–water partition coefficient (Wildman–Crippen LogP) is 2.98. The fourth-order valence-electron chi connectivity index (χ4n) is 1.75. The molecule has 84 valence electrons.